The Bertz CT molecular complexity index is 1050. The molecule has 1 atom stereocenters. The summed E-state index contributed by atoms with van der Waals surface area (Å²) in [6, 6.07) is 9.74. The standard InChI is InChI=1S/C22H20F2N4O2S/c23-15-11-9-14(10-12-15)20(21(29)25-16-5-1-2-6-16)28(19-8-4-3-7-17(19)24)22(30)18-13-31-27-26-18/h3-4,7-13,16,20H,1-2,5-6H2,(H,25,29)/t20-/m0/s1. The van der Waals surface area contributed by atoms with Gasteiger partial charge in [-0.25, -0.2) is 8.78 Å². The molecule has 0 bridgehead atoms. The molecule has 1 aromatic heterocycles. The molecule has 160 valence electrons. The zero-order chi connectivity index (χ0) is 21.8. The van der Waals surface area contributed by atoms with E-state index in [1.807, 2.05) is 0 Å². The second kappa shape index (κ2) is 9.30. The monoisotopic (exact) mass is 442 g/mol. The number of hydrogen-bond acceptors (Lipinski definition) is 5. The predicted molar refractivity (Wildman–Crippen MR) is 113 cm³/mol. The fourth-order valence-electron chi connectivity index (χ4n) is 3.81. The van der Waals surface area contributed by atoms with Gasteiger partial charge >= 0.3 is 0 Å². The SMILES string of the molecule is O=C(NC1CCCC1)[C@H](c1ccc(F)cc1)N(C(=O)c1csnn1)c1ccccc1F. The number of amides is 2. The molecule has 0 unspecified atom stereocenters. The summed E-state index contributed by atoms with van der Waals surface area (Å²) >= 11 is 0.976. The first-order valence-electron chi connectivity index (χ1n) is 9.95. The van der Waals surface area contributed by atoms with Gasteiger partial charge in [0, 0.05) is 11.4 Å². The molecule has 1 fully saturated rings. The molecule has 2 aromatic carbocycles. The summed E-state index contributed by atoms with van der Waals surface area (Å²) in [5, 5.41) is 8.22. The number of para-hydroxylation sites is 1. The number of benzene rings is 2. The Morgan fingerprint density at radius 3 is 2.42 bits per heavy atom. The lowest BCUT2D eigenvalue weighted by Crippen LogP contribution is -2.46. The minimum absolute atomic E-state index is 0.00553. The Morgan fingerprint density at radius 1 is 1.06 bits per heavy atom. The van der Waals surface area contributed by atoms with Gasteiger partial charge in [0.05, 0.1) is 5.69 Å². The molecule has 0 saturated heterocycles. The molecule has 1 aliphatic rings. The van der Waals surface area contributed by atoms with E-state index in [0.717, 1.165) is 42.1 Å². The average molecular weight is 442 g/mol. The van der Waals surface area contributed by atoms with Crippen LogP contribution in [-0.4, -0.2) is 27.4 Å². The van der Waals surface area contributed by atoms with E-state index in [1.165, 1.54) is 47.8 Å². The van der Waals surface area contributed by atoms with E-state index >= 15 is 0 Å². The number of aromatic nitrogens is 2. The summed E-state index contributed by atoms with van der Waals surface area (Å²) in [4.78, 5) is 27.9. The van der Waals surface area contributed by atoms with Gasteiger partial charge in [0.15, 0.2) is 5.69 Å². The topological polar surface area (TPSA) is 75.2 Å². The summed E-state index contributed by atoms with van der Waals surface area (Å²) in [5.74, 6) is -2.28. The zero-order valence-corrected chi connectivity index (χ0v) is 17.3. The second-order valence-electron chi connectivity index (χ2n) is 7.36. The number of carbonyl (C=O) groups excluding carboxylic acids is 2. The van der Waals surface area contributed by atoms with Gasteiger partial charge in [0.25, 0.3) is 5.91 Å². The van der Waals surface area contributed by atoms with Gasteiger partial charge in [-0.05, 0) is 54.2 Å². The van der Waals surface area contributed by atoms with Crippen molar-refractivity contribution in [2.24, 2.45) is 0 Å². The van der Waals surface area contributed by atoms with Gasteiger partial charge < -0.3 is 5.32 Å². The van der Waals surface area contributed by atoms with E-state index in [2.05, 4.69) is 14.9 Å². The smallest absolute Gasteiger partial charge is 0.280 e. The molecule has 1 saturated carbocycles. The van der Waals surface area contributed by atoms with Crippen molar-refractivity contribution in [1.29, 1.82) is 0 Å². The molecule has 1 N–H and O–H groups in total. The molecule has 6 nitrogen and oxygen atoms in total. The highest BCUT2D eigenvalue weighted by Crippen LogP contribution is 2.32. The van der Waals surface area contributed by atoms with E-state index in [9.17, 15) is 18.4 Å². The van der Waals surface area contributed by atoms with Crippen molar-refractivity contribution in [2.75, 3.05) is 4.90 Å². The molecule has 31 heavy (non-hydrogen) atoms. The highest BCUT2D eigenvalue weighted by molar-refractivity contribution is 7.03. The maximum absolute atomic E-state index is 14.8. The van der Waals surface area contributed by atoms with E-state index in [4.69, 9.17) is 0 Å². The van der Waals surface area contributed by atoms with Crippen LogP contribution in [0.3, 0.4) is 0 Å². The molecule has 1 heterocycles. The third kappa shape index (κ3) is 4.61. The van der Waals surface area contributed by atoms with E-state index in [-0.39, 0.29) is 17.4 Å². The van der Waals surface area contributed by atoms with Crippen LogP contribution in [-0.2, 0) is 4.79 Å². The molecule has 2 amide bonds. The van der Waals surface area contributed by atoms with Gasteiger partial charge in [-0.3, -0.25) is 14.5 Å². The average Bonchev–Trinajstić information content (AvgIpc) is 3.47. The fraction of sp³-hybridized carbons (Fsp3) is 0.273. The quantitative estimate of drug-likeness (QED) is 0.619. The number of anilines is 1. The molecular formula is C22H20F2N4O2S. The van der Waals surface area contributed by atoms with Gasteiger partial charge in [-0.1, -0.05) is 41.6 Å². The first-order valence-corrected chi connectivity index (χ1v) is 10.8. The van der Waals surface area contributed by atoms with Crippen molar-refractivity contribution in [3.8, 4) is 0 Å². The van der Waals surface area contributed by atoms with E-state index < -0.39 is 29.5 Å². The molecule has 4 rings (SSSR count). The normalized spacial score (nSPS) is 14.9. The fourth-order valence-corrected chi connectivity index (χ4v) is 4.24. The molecule has 0 aliphatic heterocycles. The molecule has 0 radical (unpaired) electrons. The van der Waals surface area contributed by atoms with Crippen molar-refractivity contribution in [3.63, 3.8) is 0 Å². The van der Waals surface area contributed by atoms with Crippen LogP contribution in [0.5, 0.6) is 0 Å². The Labute approximate surface area is 182 Å². The van der Waals surface area contributed by atoms with Crippen molar-refractivity contribution in [2.45, 2.75) is 37.8 Å². The predicted octanol–water partition coefficient (Wildman–Crippen LogP) is 4.26. The number of carbonyl (C=O) groups is 2. The number of nitrogens with one attached hydrogen (secondary N) is 1. The minimum Gasteiger partial charge on any atom is -0.351 e. The number of nitrogens with zero attached hydrogens (tertiary/aromatic N) is 3. The van der Waals surface area contributed by atoms with Crippen LogP contribution in [0.2, 0.25) is 0 Å². The number of hydrogen-bond donors (Lipinski definition) is 1. The van der Waals surface area contributed by atoms with Crippen LogP contribution in [0.15, 0.2) is 53.9 Å². The lowest BCUT2D eigenvalue weighted by Gasteiger charge is -2.32. The highest BCUT2D eigenvalue weighted by atomic mass is 32.1. The Balaban J connectivity index is 1.82. The van der Waals surface area contributed by atoms with Crippen LogP contribution in [0.4, 0.5) is 14.5 Å². The Morgan fingerprint density at radius 2 is 1.77 bits per heavy atom. The highest BCUT2D eigenvalue weighted by Gasteiger charge is 2.36. The van der Waals surface area contributed by atoms with Gasteiger partial charge in [0.1, 0.15) is 17.7 Å². The van der Waals surface area contributed by atoms with Crippen LogP contribution in [0.1, 0.15) is 47.8 Å². The summed E-state index contributed by atoms with van der Waals surface area (Å²) in [7, 11) is 0. The van der Waals surface area contributed by atoms with Crippen LogP contribution in [0, 0.1) is 11.6 Å². The van der Waals surface area contributed by atoms with Crippen molar-refractivity contribution >= 4 is 29.0 Å². The van der Waals surface area contributed by atoms with Crippen molar-refractivity contribution < 1.29 is 18.4 Å². The van der Waals surface area contributed by atoms with E-state index in [0.29, 0.717) is 5.56 Å². The maximum atomic E-state index is 14.8. The van der Waals surface area contributed by atoms with Crippen LogP contribution >= 0.6 is 11.5 Å². The van der Waals surface area contributed by atoms with Crippen LogP contribution < -0.4 is 10.2 Å². The molecule has 3 aromatic rings. The zero-order valence-electron chi connectivity index (χ0n) is 16.5. The Hall–Kier alpha value is -3.20. The van der Waals surface area contributed by atoms with Crippen molar-refractivity contribution in [3.05, 3.63) is 76.8 Å². The molecule has 9 heteroatoms. The number of rotatable bonds is 6. The van der Waals surface area contributed by atoms with E-state index in [1.54, 1.807) is 6.07 Å². The van der Waals surface area contributed by atoms with Gasteiger partial charge in [-0.15, -0.1) is 5.10 Å². The third-order valence-electron chi connectivity index (χ3n) is 5.30. The molecular weight excluding hydrogens is 422 g/mol. The van der Waals surface area contributed by atoms with Crippen LogP contribution in [0.25, 0.3) is 0 Å². The maximum Gasteiger partial charge on any atom is 0.280 e. The summed E-state index contributed by atoms with van der Waals surface area (Å²) in [6.45, 7) is 0. The van der Waals surface area contributed by atoms with Gasteiger partial charge in [0.2, 0.25) is 5.91 Å². The first kappa shape index (κ1) is 21.0. The minimum atomic E-state index is -1.22. The molecule has 1 aliphatic carbocycles. The molecule has 0 spiro atoms. The number of halogens is 2. The lowest BCUT2D eigenvalue weighted by atomic mass is 10.0. The first-order chi connectivity index (χ1) is 15.0. The third-order valence-corrected chi connectivity index (χ3v) is 5.81. The lowest BCUT2D eigenvalue weighted by molar-refractivity contribution is -0.123. The van der Waals surface area contributed by atoms with Crippen molar-refractivity contribution in [1.82, 2.24) is 14.9 Å². The second-order valence-corrected chi connectivity index (χ2v) is 7.97. The summed E-state index contributed by atoms with van der Waals surface area (Å²) in [5.41, 5.74) is 0.280. The summed E-state index contributed by atoms with van der Waals surface area (Å²) in [6.07, 6.45) is 3.69. The van der Waals surface area contributed by atoms with Gasteiger partial charge in [-0.2, -0.15) is 0 Å². The summed E-state index contributed by atoms with van der Waals surface area (Å²) < 4.78 is 32.1. The Kier molecular flexibility index (Phi) is 6.31. The largest absolute Gasteiger partial charge is 0.351 e.